The van der Waals surface area contributed by atoms with Crippen molar-refractivity contribution in [3.8, 4) is 0 Å². The van der Waals surface area contributed by atoms with E-state index in [9.17, 15) is 4.79 Å². The summed E-state index contributed by atoms with van der Waals surface area (Å²) in [5.74, 6) is -0.437. The van der Waals surface area contributed by atoms with Gasteiger partial charge >= 0.3 is 0 Å². The molecule has 0 aromatic rings. The van der Waals surface area contributed by atoms with Crippen molar-refractivity contribution in [2.24, 2.45) is 0 Å². The van der Waals surface area contributed by atoms with E-state index in [4.69, 9.17) is 34.8 Å². The van der Waals surface area contributed by atoms with Crippen LogP contribution < -0.4 is 0 Å². The Balaban J connectivity index is 4.06. The topological polar surface area (TPSA) is 17.1 Å². The number of hydrogen-bond donors (Lipinski definition) is 0. The molecule has 0 unspecified atom stereocenters. The van der Waals surface area contributed by atoms with Gasteiger partial charge < -0.3 is 0 Å². The van der Waals surface area contributed by atoms with E-state index >= 15 is 0 Å². The Labute approximate surface area is 76.1 Å². The monoisotopic (exact) mass is 250 g/mol. The molecule has 0 aliphatic heterocycles. The molecule has 0 aromatic heterocycles. The summed E-state index contributed by atoms with van der Waals surface area (Å²) in [7, 11) is 0. The van der Waals surface area contributed by atoms with Crippen molar-refractivity contribution >= 4 is 56.5 Å². The molecule has 0 bridgehead atoms. The Morgan fingerprint density at radius 2 is 2.00 bits per heavy atom. The number of rotatable bonds is 2. The summed E-state index contributed by atoms with van der Waals surface area (Å²) < 4.78 is 0.180. The van der Waals surface area contributed by atoms with Crippen LogP contribution in [-0.4, -0.2) is 10.6 Å². The zero-order valence-corrected chi connectivity index (χ0v) is 7.93. The first-order valence-electron chi connectivity index (χ1n) is 1.88. The molecule has 0 aliphatic carbocycles. The average molecular weight is 252 g/mol. The molecule has 5 heteroatoms. The lowest BCUT2D eigenvalue weighted by Gasteiger charge is -1.94. The van der Waals surface area contributed by atoms with Crippen molar-refractivity contribution in [3.63, 3.8) is 0 Å². The first-order chi connectivity index (χ1) is 4.09. The van der Waals surface area contributed by atoms with E-state index in [1.165, 1.54) is 0 Å². The maximum atomic E-state index is 10.6. The minimum Gasteiger partial charge on any atom is -0.290 e. The van der Waals surface area contributed by atoms with Gasteiger partial charge in [0.05, 0.1) is 4.48 Å². The van der Waals surface area contributed by atoms with Crippen molar-refractivity contribution < 1.29 is 4.79 Å². The Morgan fingerprint density at radius 3 is 2.11 bits per heavy atom. The summed E-state index contributed by atoms with van der Waals surface area (Å²) in [6, 6.07) is 0. The minimum absolute atomic E-state index is 0.180. The van der Waals surface area contributed by atoms with Crippen molar-refractivity contribution in [1.29, 1.82) is 0 Å². The van der Waals surface area contributed by atoms with Crippen molar-refractivity contribution in [1.82, 2.24) is 0 Å². The summed E-state index contributed by atoms with van der Waals surface area (Å²) in [6.07, 6.45) is 0. The molecule has 0 heterocycles. The number of Topliss-reactive ketones (excluding diaryl/α,β-unsaturated/α-hetero) is 1. The van der Waals surface area contributed by atoms with Crippen molar-refractivity contribution in [2.75, 3.05) is 0 Å². The molecule has 0 amide bonds. The van der Waals surface area contributed by atoms with Gasteiger partial charge in [-0.2, -0.15) is 0 Å². The third-order valence-corrected chi connectivity index (χ3v) is 2.03. The molecule has 0 fully saturated rings. The van der Waals surface area contributed by atoms with E-state index in [0.717, 1.165) is 5.54 Å². The molecule has 0 N–H and O–H groups in total. The van der Waals surface area contributed by atoms with Crippen molar-refractivity contribution in [2.45, 2.75) is 4.84 Å². The van der Waals surface area contributed by atoms with Crippen LogP contribution in [0.5, 0.6) is 0 Å². The van der Waals surface area contributed by atoms with Gasteiger partial charge in [0.2, 0.25) is 5.78 Å². The van der Waals surface area contributed by atoms with Crippen LogP contribution in [0.25, 0.3) is 0 Å². The van der Waals surface area contributed by atoms with E-state index in [1.807, 2.05) is 0 Å². The third-order valence-electron chi connectivity index (χ3n) is 0.529. The van der Waals surface area contributed by atoms with Gasteiger partial charge in [0, 0.05) is 5.54 Å². The Morgan fingerprint density at radius 1 is 1.56 bits per heavy atom. The molecule has 0 aliphatic rings. The highest BCUT2D eigenvalue weighted by molar-refractivity contribution is 9.12. The van der Waals surface area contributed by atoms with Crippen molar-refractivity contribution in [3.05, 3.63) is 10.0 Å². The van der Waals surface area contributed by atoms with Crippen LogP contribution in [0, 0.1) is 0 Å². The molecule has 9 heavy (non-hydrogen) atoms. The number of alkyl halides is 2. The second-order valence-corrected chi connectivity index (χ2v) is 3.29. The highest BCUT2D eigenvalue weighted by Gasteiger charge is 2.13. The molecule has 0 radical (unpaired) electrons. The van der Waals surface area contributed by atoms with E-state index in [2.05, 4.69) is 15.9 Å². The first kappa shape index (κ1) is 9.76. The van der Waals surface area contributed by atoms with Crippen LogP contribution in [0.4, 0.5) is 0 Å². The molecule has 0 saturated carbocycles. The number of halogens is 4. The van der Waals surface area contributed by atoms with Gasteiger partial charge in [-0.25, -0.2) is 0 Å². The molecule has 0 spiro atoms. The summed E-state index contributed by atoms with van der Waals surface area (Å²) in [4.78, 5) is 9.56. The number of allylic oxidation sites excluding steroid dienone is 1. The molecular formula is C4H2BrCl3O. The van der Waals surface area contributed by atoms with Crippen LogP contribution in [0.1, 0.15) is 0 Å². The molecule has 52 valence electrons. The minimum atomic E-state index is -1.05. The fourth-order valence-electron chi connectivity index (χ4n) is 0.158. The van der Waals surface area contributed by atoms with Crippen LogP contribution in [0.15, 0.2) is 10.0 Å². The highest BCUT2D eigenvalue weighted by atomic mass is 79.9. The van der Waals surface area contributed by atoms with Gasteiger partial charge in [0.25, 0.3) is 0 Å². The second-order valence-electron chi connectivity index (χ2n) is 1.12. The van der Waals surface area contributed by atoms with Gasteiger partial charge in [0.1, 0.15) is 0 Å². The first-order valence-corrected chi connectivity index (χ1v) is 3.98. The predicted molar refractivity (Wildman–Crippen MR) is 43.4 cm³/mol. The summed E-state index contributed by atoms with van der Waals surface area (Å²) >= 11 is 18.4. The zero-order chi connectivity index (χ0) is 7.44. The SMILES string of the molecule is O=C(C(Br)=CCl)C(Cl)Cl. The lowest BCUT2D eigenvalue weighted by atomic mass is 10.4. The fraction of sp³-hybridized carbons (Fsp3) is 0.250. The normalized spacial score (nSPS) is 12.3. The molecule has 1 nitrogen and oxygen atoms in total. The van der Waals surface area contributed by atoms with E-state index < -0.39 is 10.6 Å². The van der Waals surface area contributed by atoms with Gasteiger partial charge in [-0.1, -0.05) is 34.8 Å². The third kappa shape index (κ3) is 3.46. The number of carbonyl (C=O) groups excluding carboxylic acids is 1. The maximum Gasteiger partial charge on any atom is 0.203 e. The maximum absolute atomic E-state index is 10.6. The van der Waals surface area contributed by atoms with E-state index in [1.54, 1.807) is 0 Å². The lowest BCUT2D eigenvalue weighted by molar-refractivity contribution is -0.113. The quantitative estimate of drug-likeness (QED) is 0.545. The van der Waals surface area contributed by atoms with Gasteiger partial charge in [-0.15, -0.1) is 0 Å². The van der Waals surface area contributed by atoms with E-state index in [-0.39, 0.29) is 4.48 Å². The number of ketones is 1. The van der Waals surface area contributed by atoms with Gasteiger partial charge in [-0.3, -0.25) is 4.79 Å². The van der Waals surface area contributed by atoms with Gasteiger partial charge in [-0.05, 0) is 15.9 Å². The molecule has 0 saturated heterocycles. The standard InChI is InChI=1S/C4H2BrCl3O/c5-2(1-6)3(9)4(7)8/h1,4H. The molecule has 0 aromatic carbocycles. The van der Waals surface area contributed by atoms with E-state index in [0.29, 0.717) is 0 Å². The number of carbonyl (C=O) groups is 1. The smallest absolute Gasteiger partial charge is 0.203 e. The largest absolute Gasteiger partial charge is 0.290 e. The predicted octanol–water partition coefficient (Wildman–Crippen LogP) is 2.83. The van der Waals surface area contributed by atoms with Crippen LogP contribution in [0.3, 0.4) is 0 Å². The molecule has 0 atom stereocenters. The molecule has 0 rings (SSSR count). The second kappa shape index (κ2) is 4.56. The Hall–Kier alpha value is 0.760. The van der Waals surface area contributed by atoms with Gasteiger partial charge in [0.15, 0.2) is 4.84 Å². The highest BCUT2D eigenvalue weighted by Crippen LogP contribution is 2.15. The van der Waals surface area contributed by atoms with Crippen LogP contribution in [0.2, 0.25) is 0 Å². The number of hydrogen-bond acceptors (Lipinski definition) is 1. The zero-order valence-electron chi connectivity index (χ0n) is 4.07. The van der Waals surface area contributed by atoms with Crippen LogP contribution >= 0.6 is 50.7 Å². The summed E-state index contributed by atoms with van der Waals surface area (Å²) in [6.45, 7) is 0. The lowest BCUT2D eigenvalue weighted by Crippen LogP contribution is -2.06. The average Bonchev–Trinajstić information content (AvgIpc) is 1.84. The molecular weight excluding hydrogens is 250 g/mol. The summed E-state index contributed by atoms with van der Waals surface area (Å²) in [5.41, 5.74) is 1.07. The Bertz CT molecular complexity index is 143. The fourth-order valence-corrected chi connectivity index (χ4v) is 0.993. The summed E-state index contributed by atoms with van der Waals surface area (Å²) in [5, 5.41) is 0. The Kier molecular flexibility index (Phi) is 4.94. The van der Waals surface area contributed by atoms with Crippen LogP contribution in [-0.2, 0) is 4.79 Å².